The monoisotopic (exact) mass is 400 g/mol. The van der Waals surface area contributed by atoms with Crippen molar-refractivity contribution < 1.29 is 14.3 Å². The van der Waals surface area contributed by atoms with Crippen LogP contribution in [0.4, 0.5) is 0 Å². The summed E-state index contributed by atoms with van der Waals surface area (Å²) in [7, 11) is 1.85. The number of likely N-dealkylation sites (tertiary alicyclic amines) is 1. The number of fused-ring (bicyclic) bond motifs is 1. The topological polar surface area (TPSA) is 42.0 Å². The van der Waals surface area contributed by atoms with Gasteiger partial charge in [-0.25, -0.2) is 0 Å². The zero-order chi connectivity index (χ0) is 19.5. The Morgan fingerprint density at radius 1 is 1.18 bits per heavy atom. The van der Waals surface area contributed by atoms with Gasteiger partial charge in [-0.15, -0.1) is 0 Å². The first-order valence-corrected chi connectivity index (χ1v) is 10.1. The number of rotatable bonds is 5. The number of benzene rings is 2. The molecule has 0 aliphatic carbocycles. The zero-order valence-electron chi connectivity index (χ0n) is 16.1. The summed E-state index contributed by atoms with van der Waals surface area (Å²) in [4.78, 5) is 16.8. The SMILES string of the molecule is CN(Cc1cccc(Cl)c1)C(=O)CN1CCCC1c1ccc2c(c1)OCCO2. The van der Waals surface area contributed by atoms with Crippen molar-refractivity contribution in [1.82, 2.24) is 9.80 Å². The molecule has 148 valence electrons. The fourth-order valence-corrected chi connectivity index (χ4v) is 4.16. The summed E-state index contributed by atoms with van der Waals surface area (Å²) in [6, 6.07) is 14.0. The lowest BCUT2D eigenvalue weighted by atomic mass is 10.0. The van der Waals surface area contributed by atoms with Gasteiger partial charge in [-0.2, -0.15) is 0 Å². The van der Waals surface area contributed by atoms with E-state index in [-0.39, 0.29) is 11.9 Å². The van der Waals surface area contributed by atoms with Gasteiger partial charge in [0.05, 0.1) is 6.54 Å². The smallest absolute Gasteiger partial charge is 0.236 e. The average molecular weight is 401 g/mol. The van der Waals surface area contributed by atoms with Crippen LogP contribution in [0.15, 0.2) is 42.5 Å². The molecule has 2 aliphatic heterocycles. The maximum Gasteiger partial charge on any atom is 0.236 e. The molecule has 1 unspecified atom stereocenters. The van der Waals surface area contributed by atoms with E-state index in [1.165, 1.54) is 5.56 Å². The fourth-order valence-electron chi connectivity index (χ4n) is 3.95. The van der Waals surface area contributed by atoms with Crippen molar-refractivity contribution in [3.63, 3.8) is 0 Å². The van der Waals surface area contributed by atoms with Crippen LogP contribution in [0.2, 0.25) is 5.02 Å². The van der Waals surface area contributed by atoms with Crippen molar-refractivity contribution in [2.45, 2.75) is 25.4 Å². The van der Waals surface area contributed by atoms with E-state index in [4.69, 9.17) is 21.1 Å². The maximum absolute atomic E-state index is 12.8. The van der Waals surface area contributed by atoms with Crippen LogP contribution in [-0.2, 0) is 11.3 Å². The molecular weight excluding hydrogens is 376 g/mol. The Hall–Kier alpha value is -2.24. The Balaban J connectivity index is 1.41. The molecular formula is C22H25ClN2O3. The molecule has 1 atom stereocenters. The second-order valence-corrected chi connectivity index (χ2v) is 7.85. The molecule has 0 bridgehead atoms. The van der Waals surface area contributed by atoms with Gasteiger partial charge in [-0.3, -0.25) is 9.69 Å². The lowest BCUT2D eigenvalue weighted by Gasteiger charge is -2.28. The van der Waals surface area contributed by atoms with Gasteiger partial charge in [-0.05, 0) is 54.8 Å². The number of likely N-dealkylation sites (N-methyl/N-ethyl adjacent to an activating group) is 1. The van der Waals surface area contributed by atoms with Crippen LogP contribution in [-0.4, -0.2) is 49.1 Å². The molecule has 2 aromatic rings. The van der Waals surface area contributed by atoms with Gasteiger partial charge in [0.15, 0.2) is 11.5 Å². The van der Waals surface area contributed by atoms with Crippen molar-refractivity contribution in [2.24, 2.45) is 0 Å². The quantitative estimate of drug-likeness (QED) is 0.763. The standard InChI is InChI=1S/C22H25ClN2O3/c1-24(14-16-4-2-5-18(23)12-16)22(26)15-25-9-3-6-19(25)17-7-8-20-21(13-17)28-11-10-27-20/h2,4-5,7-8,12-13,19H,3,6,9-11,14-15H2,1H3. The summed E-state index contributed by atoms with van der Waals surface area (Å²) < 4.78 is 11.3. The highest BCUT2D eigenvalue weighted by atomic mass is 35.5. The first-order valence-electron chi connectivity index (χ1n) is 9.72. The molecule has 6 heteroatoms. The van der Waals surface area contributed by atoms with E-state index in [1.54, 1.807) is 4.90 Å². The second-order valence-electron chi connectivity index (χ2n) is 7.41. The van der Waals surface area contributed by atoms with Crippen molar-refractivity contribution in [1.29, 1.82) is 0 Å². The highest BCUT2D eigenvalue weighted by molar-refractivity contribution is 6.30. The third-order valence-corrected chi connectivity index (χ3v) is 5.62. The second kappa shape index (κ2) is 8.41. The number of halogens is 1. The molecule has 0 aromatic heterocycles. The third kappa shape index (κ3) is 4.26. The molecule has 0 radical (unpaired) electrons. The predicted molar refractivity (Wildman–Crippen MR) is 109 cm³/mol. The molecule has 1 fully saturated rings. The Bertz CT molecular complexity index is 857. The highest BCUT2D eigenvalue weighted by Gasteiger charge is 2.29. The van der Waals surface area contributed by atoms with E-state index in [0.29, 0.717) is 31.3 Å². The Kier molecular flexibility index (Phi) is 5.74. The molecule has 0 spiro atoms. The molecule has 1 amide bonds. The number of hydrogen-bond acceptors (Lipinski definition) is 4. The minimum absolute atomic E-state index is 0.115. The van der Waals surface area contributed by atoms with E-state index in [2.05, 4.69) is 17.0 Å². The summed E-state index contributed by atoms with van der Waals surface area (Å²) in [6.45, 7) is 3.07. The average Bonchev–Trinajstić information content (AvgIpc) is 3.15. The summed E-state index contributed by atoms with van der Waals surface area (Å²) >= 11 is 6.05. The molecule has 5 nitrogen and oxygen atoms in total. The van der Waals surface area contributed by atoms with Crippen LogP contribution in [0.5, 0.6) is 11.5 Å². The summed E-state index contributed by atoms with van der Waals surface area (Å²) in [5.41, 5.74) is 2.22. The van der Waals surface area contributed by atoms with E-state index in [9.17, 15) is 4.79 Å². The predicted octanol–water partition coefficient (Wildman–Crippen LogP) is 3.91. The van der Waals surface area contributed by atoms with Crippen molar-refractivity contribution >= 4 is 17.5 Å². The van der Waals surface area contributed by atoms with Crippen LogP contribution < -0.4 is 9.47 Å². The van der Waals surface area contributed by atoms with Gasteiger partial charge in [0, 0.05) is 24.7 Å². The van der Waals surface area contributed by atoms with Crippen molar-refractivity contribution in [3.05, 3.63) is 58.6 Å². The van der Waals surface area contributed by atoms with Gasteiger partial charge >= 0.3 is 0 Å². The molecule has 0 N–H and O–H groups in total. The number of amides is 1. The molecule has 2 heterocycles. The van der Waals surface area contributed by atoms with E-state index in [1.807, 2.05) is 37.4 Å². The molecule has 1 saturated heterocycles. The lowest BCUT2D eigenvalue weighted by molar-refractivity contribution is -0.131. The van der Waals surface area contributed by atoms with Gasteiger partial charge in [-0.1, -0.05) is 29.8 Å². The van der Waals surface area contributed by atoms with Crippen LogP contribution in [0.3, 0.4) is 0 Å². The molecule has 0 saturated carbocycles. The third-order valence-electron chi connectivity index (χ3n) is 5.39. The number of hydrogen-bond donors (Lipinski definition) is 0. The van der Waals surface area contributed by atoms with E-state index < -0.39 is 0 Å². The van der Waals surface area contributed by atoms with Crippen LogP contribution >= 0.6 is 11.6 Å². The normalized spacial score (nSPS) is 18.9. The zero-order valence-corrected chi connectivity index (χ0v) is 16.8. The number of carbonyl (C=O) groups excluding carboxylic acids is 1. The van der Waals surface area contributed by atoms with Crippen molar-refractivity contribution in [3.8, 4) is 11.5 Å². The first-order chi connectivity index (χ1) is 13.6. The Labute approximate surface area is 170 Å². The van der Waals surface area contributed by atoms with Gasteiger partial charge in [0.25, 0.3) is 0 Å². The fraction of sp³-hybridized carbons (Fsp3) is 0.409. The van der Waals surface area contributed by atoms with Crippen LogP contribution in [0.1, 0.15) is 30.0 Å². The molecule has 4 rings (SSSR count). The van der Waals surface area contributed by atoms with Crippen molar-refractivity contribution in [2.75, 3.05) is 33.4 Å². The maximum atomic E-state index is 12.8. The largest absolute Gasteiger partial charge is 0.486 e. The first kappa shape index (κ1) is 19.1. The van der Waals surface area contributed by atoms with E-state index >= 15 is 0 Å². The lowest BCUT2D eigenvalue weighted by Crippen LogP contribution is -2.37. The molecule has 2 aromatic carbocycles. The van der Waals surface area contributed by atoms with Gasteiger partial charge < -0.3 is 14.4 Å². The van der Waals surface area contributed by atoms with Gasteiger partial charge in [0.2, 0.25) is 5.91 Å². The Morgan fingerprint density at radius 2 is 2.00 bits per heavy atom. The number of nitrogens with zero attached hydrogens (tertiary/aromatic N) is 2. The molecule has 28 heavy (non-hydrogen) atoms. The summed E-state index contributed by atoms with van der Waals surface area (Å²) in [6.07, 6.45) is 2.13. The van der Waals surface area contributed by atoms with Crippen LogP contribution in [0, 0.1) is 0 Å². The van der Waals surface area contributed by atoms with E-state index in [0.717, 1.165) is 36.4 Å². The molecule has 2 aliphatic rings. The minimum atomic E-state index is 0.115. The Morgan fingerprint density at radius 3 is 2.82 bits per heavy atom. The number of ether oxygens (including phenoxy) is 2. The number of carbonyl (C=O) groups is 1. The van der Waals surface area contributed by atoms with Gasteiger partial charge in [0.1, 0.15) is 13.2 Å². The summed E-state index contributed by atoms with van der Waals surface area (Å²) in [5.74, 6) is 1.72. The minimum Gasteiger partial charge on any atom is -0.486 e. The highest BCUT2D eigenvalue weighted by Crippen LogP contribution is 2.37. The van der Waals surface area contributed by atoms with Crippen LogP contribution in [0.25, 0.3) is 0 Å². The summed E-state index contributed by atoms with van der Waals surface area (Å²) in [5, 5.41) is 0.691.